The highest BCUT2D eigenvalue weighted by atomic mass is 16.5. The monoisotopic (exact) mass is 494 g/mol. The average molecular weight is 495 g/mol. The molecule has 1 saturated carbocycles. The lowest BCUT2D eigenvalue weighted by molar-refractivity contribution is -0.120. The Labute approximate surface area is 213 Å². The number of aromatic nitrogens is 2. The number of fused-ring (bicyclic) bond motifs is 1. The predicted molar refractivity (Wildman–Crippen MR) is 141 cm³/mol. The molecule has 3 aliphatic rings. The number of para-hydroxylation sites is 2. The summed E-state index contributed by atoms with van der Waals surface area (Å²) in [5, 5.41) is 6.71. The van der Waals surface area contributed by atoms with E-state index in [1.54, 1.807) is 11.1 Å². The van der Waals surface area contributed by atoms with E-state index in [-0.39, 0.29) is 11.9 Å². The number of nitrogens with one attached hydrogen (secondary N) is 2. The summed E-state index contributed by atoms with van der Waals surface area (Å²) >= 11 is 0. The molecular formula is C27H38N6O3. The molecule has 2 N–H and O–H groups in total. The van der Waals surface area contributed by atoms with E-state index < -0.39 is 0 Å². The first kappa shape index (κ1) is 24.8. The zero-order chi connectivity index (χ0) is 24.9. The largest absolute Gasteiger partial charge is 0.489 e. The summed E-state index contributed by atoms with van der Waals surface area (Å²) in [5.41, 5.74) is 1.57. The third kappa shape index (κ3) is 5.27. The fraction of sp³-hybridized carbons (Fsp3) is 0.593. The number of nitrogens with zero attached hydrogens (tertiary/aromatic N) is 4. The van der Waals surface area contributed by atoms with Gasteiger partial charge in [-0.2, -0.15) is 4.98 Å². The molecule has 1 unspecified atom stereocenters. The molecule has 0 bridgehead atoms. The number of piperidine rings is 1. The Kier molecular flexibility index (Phi) is 7.87. The molecular weight excluding hydrogens is 456 g/mol. The number of carbonyl (C=O) groups excluding carboxylic acids is 1. The maximum atomic E-state index is 13.1. The fourth-order valence-corrected chi connectivity index (χ4v) is 5.59. The van der Waals surface area contributed by atoms with Crippen LogP contribution in [0.15, 0.2) is 30.5 Å². The highest BCUT2D eigenvalue weighted by Gasteiger charge is 2.41. The number of rotatable bonds is 9. The Balaban J connectivity index is 1.31. The molecule has 5 rings (SSSR count). The molecule has 1 aliphatic carbocycles. The summed E-state index contributed by atoms with van der Waals surface area (Å²) in [6.45, 7) is 5.14. The van der Waals surface area contributed by atoms with E-state index in [0.717, 1.165) is 68.1 Å². The smallest absolute Gasteiger partial charge is 0.249 e. The Hall–Kier alpha value is -2.91. The van der Waals surface area contributed by atoms with Gasteiger partial charge in [-0.05, 0) is 57.3 Å². The zero-order valence-corrected chi connectivity index (χ0v) is 21.4. The fourth-order valence-electron chi connectivity index (χ4n) is 5.59. The van der Waals surface area contributed by atoms with Crippen molar-refractivity contribution in [1.82, 2.24) is 15.3 Å². The van der Waals surface area contributed by atoms with Crippen molar-refractivity contribution in [2.45, 2.75) is 70.1 Å². The van der Waals surface area contributed by atoms with Gasteiger partial charge in [0.1, 0.15) is 24.1 Å². The average Bonchev–Trinajstić information content (AvgIpc) is 3.44. The van der Waals surface area contributed by atoms with Crippen LogP contribution in [-0.4, -0.2) is 67.4 Å². The number of hydrogen-bond acceptors (Lipinski definition) is 8. The van der Waals surface area contributed by atoms with E-state index in [0.29, 0.717) is 31.3 Å². The predicted octanol–water partition coefficient (Wildman–Crippen LogP) is 3.87. The first-order chi connectivity index (χ1) is 17.7. The molecule has 194 valence electrons. The number of ether oxygens (including phenoxy) is 2. The molecule has 1 atom stereocenters. The van der Waals surface area contributed by atoms with E-state index >= 15 is 0 Å². The van der Waals surface area contributed by atoms with Gasteiger partial charge in [0.05, 0.1) is 24.6 Å². The van der Waals surface area contributed by atoms with Gasteiger partial charge >= 0.3 is 0 Å². The van der Waals surface area contributed by atoms with Crippen molar-refractivity contribution >= 4 is 29.0 Å². The molecule has 2 fully saturated rings. The normalized spacial score (nSPS) is 21.1. The maximum Gasteiger partial charge on any atom is 0.249 e. The minimum Gasteiger partial charge on any atom is -0.489 e. The van der Waals surface area contributed by atoms with E-state index in [2.05, 4.69) is 27.4 Å². The van der Waals surface area contributed by atoms with E-state index in [1.807, 2.05) is 31.3 Å². The molecule has 3 heterocycles. The molecule has 0 radical (unpaired) electrons. The van der Waals surface area contributed by atoms with E-state index in [4.69, 9.17) is 14.5 Å². The molecule has 9 nitrogen and oxygen atoms in total. The van der Waals surface area contributed by atoms with Crippen molar-refractivity contribution < 1.29 is 14.3 Å². The Morgan fingerprint density at radius 1 is 1.11 bits per heavy atom. The summed E-state index contributed by atoms with van der Waals surface area (Å²) < 4.78 is 12.0. The standard InChI is InChI=1S/C27H38N6O3/c1-3-22-26(34)32(2)23-18-29-27(31-25(23)33(22)19-8-4-5-9-19)30-21-10-6-7-11-24(21)36-17-16-35-20-12-14-28-15-13-20/h6-7,10-11,18-20,22,28H,3-5,8-9,12-17H2,1-2H3,(H,29,30,31). The van der Waals surface area contributed by atoms with E-state index in [9.17, 15) is 4.79 Å². The lowest BCUT2D eigenvalue weighted by Gasteiger charge is -2.43. The summed E-state index contributed by atoms with van der Waals surface area (Å²) in [7, 11) is 1.82. The second kappa shape index (κ2) is 11.4. The third-order valence-corrected chi connectivity index (χ3v) is 7.53. The Bertz CT molecular complexity index is 1040. The summed E-state index contributed by atoms with van der Waals surface area (Å²) in [6.07, 6.45) is 9.49. The maximum absolute atomic E-state index is 13.1. The van der Waals surface area contributed by atoms with Crippen LogP contribution in [0, 0.1) is 0 Å². The number of hydrogen-bond donors (Lipinski definition) is 2. The molecule has 1 saturated heterocycles. The number of amides is 1. The van der Waals surface area contributed by atoms with Gasteiger partial charge in [-0.25, -0.2) is 4.98 Å². The second-order valence-corrected chi connectivity index (χ2v) is 9.86. The van der Waals surface area contributed by atoms with Crippen LogP contribution in [-0.2, 0) is 9.53 Å². The number of anilines is 4. The van der Waals surface area contributed by atoms with Gasteiger partial charge in [0.25, 0.3) is 0 Å². The summed E-state index contributed by atoms with van der Waals surface area (Å²) in [5.74, 6) is 2.18. The molecule has 0 spiro atoms. The third-order valence-electron chi connectivity index (χ3n) is 7.53. The van der Waals surface area contributed by atoms with Crippen molar-refractivity contribution in [3.8, 4) is 5.75 Å². The number of carbonyl (C=O) groups is 1. The zero-order valence-electron chi connectivity index (χ0n) is 21.4. The van der Waals surface area contributed by atoms with Gasteiger partial charge < -0.3 is 29.9 Å². The highest BCUT2D eigenvalue weighted by Crippen LogP contribution is 2.40. The van der Waals surface area contributed by atoms with Crippen LogP contribution in [0.25, 0.3) is 0 Å². The first-order valence-corrected chi connectivity index (χ1v) is 13.4. The van der Waals surface area contributed by atoms with Crippen LogP contribution < -0.4 is 25.2 Å². The van der Waals surface area contributed by atoms with Crippen LogP contribution in [0.5, 0.6) is 5.75 Å². The molecule has 9 heteroatoms. The van der Waals surface area contributed by atoms with Crippen molar-refractivity contribution in [2.75, 3.05) is 48.5 Å². The van der Waals surface area contributed by atoms with Crippen molar-refractivity contribution in [1.29, 1.82) is 0 Å². The van der Waals surface area contributed by atoms with Gasteiger partial charge in [0.2, 0.25) is 11.9 Å². The molecule has 1 aromatic carbocycles. The van der Waals surface area contributed by atoms with Gasteiger partial charge in [-0.3, -0.25) is 4.79 Å². The summed E-state index contributed by atoms with van der Waals surface area (Å²) in [4.78, 5) is 26.6. The molecule has 36 heavy (non-hydrogen) atoms. The lowest BCUT2D eigenvalue weighted by Crippen LogP contribution is -2.55. The van der Waals surface area contributed by atoms with Gasteiger partial charge in [-0.1, -0.05) is 31.9 Å². The van der Waals surface area contributed by atoms with Crippen molar-refractivity contribution in [3.63, 3.8) is 0 Å². The van der Waals surface area contributed by atoms with E-state index in [1.165, 1.54) is 12.8 Å². The van der Waals surface area contributed by atoms with Gasteiger partial charge in [0, 0.05) is 13.1 Å². The first-order valence-electron chi connectivity index (χ1n) is 13.4. The lowest BCUT2D eigenvalue weighted by atomic mass is 10.0. The topological polar surface area (TPSA) is 91.9 Å². The number of benzene rings is 1. The van der Waals surface area contributed by atoms with Crippen LogP contribution in [0.1, 0.15) is 51.9 Å². The van der Waals surface area contributed by atoms with Gasteiger partial charge in [0.15, 0.2) is 5.82 Å². The SMILES string of the molecule is CCC1C(=O)N(C)c2cnc(Nc3ccccc3OCCOC3CCNCC3)nc2N1C1CCCC1. The minimum atomic E-state index is -0.191. The van der Waals surface area contributed by atoms with Crippen LogP contribution in [0.2, 0.25) is 0 Å². The summed E-state index contributed by atoms with van der Waals surface area (Å²) in [6, 6.07) is 7.97. The molecule has 1 aromatic heterocycles. The molecule has 2 aliphatic heterocycles. The quantitative estimate of drug-likeness (QED) is 0.508. The van der Waals surface area contributed by atoms with Crippen LogP contribution >= 0.6 is 0 Å². The van der Waals surface area contributed by atoms with Crippen LogP contribution in [0.3, 0.4) is 0 Å². The number of likely N-dealkylation sites (N-methyl/N-ethyl adjacent to an activating group) is 1. The van der Waals surface area contributed by atoms with Crippen molar-refractivity contribution in [2.24, 2.45) is 0 Å². The minimum absolute atomic E-state index is 0.117. The molecule has 2 aromatic rings. The van der Waals surface area contributed by atoms with Crippen molar-refractivity contribution in [3.05, 3.63) is 30.5 Å². The second-order valence-electron chi connectivity index (χ2n) is 9.86. The Morgan fingerprint density at radius 2 is 1.89 bits per heavy atom. The highest BCUT2D eigenvalue weighted by molar-refractivity contribution is 6.04. The van der Waals surface area contributed by atoms with Gasteiger partial charge in [-0.15, -0.1) is 0 Å². The Morgan fingerprint density at radius 3 is 2.67 bits per heavy atom. The van der Waals surface area contributed by atoms with Crippen LogP contribution in [0.4, 0.5) is 23.1 Å². The molecule has 1 amide bonds.